The summed E-state index contributed by atoms with van der Waals surface area (Å²) in [6.07, 6.45) is 6.21. The van der Waals surface area contributed by atoms with Crippen molar-refractivity contribution >= 4 is 23.4 Å². The zero-order valence-electron chi connectivity index (χ0n) is 9.76. The van der Waals surface area contributed by atoms with Crippen molar-refractivity contribution in [3.63, 3.8) is 0 Å². The van der Waals surface area contributed by atoms with Gasteiger partial charge < -0.3 is 4.74 Å². The highest BCUT2D eigenvalue weighted by Gasteiger charge is 2.14. The number of benzene rings is 1. The van der Waals surface area contributed by atoms with E-state index in [-0.39, 0.29) is 5.97 Å². The molecule has 3 rings (SSSR count). The Balaban J connectivity index is 1.90. The van der Waals surface area contributed by atoms with Gasteiger partial charge in [-0.1, -0.05) is 30.4 Å². The van der Waals surface area contributed by atoms with Gasteiger partial charge in [0.05, 0.1) is 0 Å². The van der Waals surface area contributed by atoms with Crippen LogP contribution in [0.2, 0.25) is 0 Å². The highest BCUT2D eigenvalue weighted by Crippen LogP contribution is 2.29. The molecule has 0 radical (unpaired) electrons. The summed E-state index contributed by atoms with van der Waals surface area (Å²) < 4.78 is 5.48. The second kappa shape index (κ2) is 4.78. The molecule has 0 unspecified atom stereocenters. The smallest absolute Gasteiger partial charge is 0.353 e. The topological polar surface area (TPSA) is 26.3 Å². The molecule has 0 saturated heterocycles. The molecule has 90 valence electrons. The highest BCUT2D eigenvalue weighted by atomic mass is 32.1. The maximum atomic E-state index is 11.9. The van der Waals surface area contributed by atoms with Gasteiger partial charge in [0.25, 0.3) is 0 Å². The summed E-state index contributed by atoms with van der Waals surface area (Å²) in [6.45, 7) is 0. The molecule has 2 nitrogen and oxygen atoms in total. The van der Waals surface area contributed by atoms with E-state index in [9.17, 15) is 4.79 Å². The fourth-order valence-electron chi connectivity index (χ4n) is 2.07. The summed E-state index contributed by atoms with van der Waals surface area (Å²) in [4.78, 5) is 12.6. The van der Waals surface area contributed by atoms with Crippen molar-refractivity contribution in [2.45, 2.75) is 12.8 Å². The van der Waals surface area contributed by atoms with E-state index >= 15 is 0 Å². The Bertz CT molecular complexity index is 597. The molecule has 0 N–H and O–H groups in total. The van der Waals surface area contributed by atoms with Gasteiger partial charge in [0.1, 0.15) is 10.6 Å². The van der Waals surface area contributed by atoms with Crippen molar-refractivity contribution in [3.05, 3.63) is 57.8 Å². The first kappa shape index (κ1) is 11.2. The molecular weight excluding hydrogens is 244 g/mol. The van der Waals surface area contributed by atoms with Crippen LogP contribution >= 0.6 is 11.3 Å². The minimum Gasteiger partial charge on any atom is -0.422 e. The van der Waals surface area contributed by atoms with Crippen molar-refractivity contribution < 1.29 is 9.53 Å². The van der Waals surface area contributed by atoms with E-state index in [0.29, 0.717) is 10.6 Å². The van der Waals surface area contributed by atoms with Crippen LogP contribution in [0.5, 0.6) is 5.75 Å². The molecule has 0 amide bonds. The van der Waals surface area contributed by atoms with Gasteiger partial charge in [0.15, 0.2) is 0 Å². The van der Waals surface area contributed by atoms with Crippen molar-refractivity contribution in [2.24, 2.45) is 0 Å². The van der Waals surface area contributed by atoms with Gasteiger partial charge in [-0.25, -0.2) is 4.79 Å². The Morgan fingerprint density at radius 2 is 2.17 bits per heavy atom. The number of hydrogen-bond acceptors (Lipinski definition) is 3. The molecule has 1 aliphatic rings. The Kier molecular flexibility index (Phi) is 2.99. The lowest BCUT2D eigenvalue weighted by Gasteiger charge is -2.14. The van der Waals surface area contributed by atoms with Crippen LogP contribution in [0.15, 0.2) is 41.8 Å². The lowest BCUT2D eigenvalue weighted by Crippen LogP contribution is -2.08. The van der Waals surface area contributed by atoms with Gasteiger partial charge in [-0.15, -0.1) is 11.3 Å². The SMILES string of the molecule is O=C(Oc1cccc2c1C=CCC2)c1cccs1. The van der Waals surface area contributed by atoms with Crippen molar-refractivity contribution in [1.82, 2.24) is 0 Å². The van der Waals surface area contributed by atoms with Gasteiger partial charge in [0.2, 0.25) is 0 Å². The summed E-state index contributed by atoms with van der Waals surface area (Å²) >= 11 is 1.40. The van der Waals surface area contributed by atoms with Crippen LogP contribution in [0, 0.1) is 0 Å². The second-order valence-corrected chi connectivity index (χ2v) is 5.08. The summed E-state index contributed by atoms with van der Waals surface area (Å²) in [6, 6.07) is 9.50. The van der Waals surface area contributed by atoms with E-state index in [2.05, 4.69) is 12.1 Å². The molecule has 0 aliphatic heterocycles. The minimum absolute atomic E-state index is 0.280. The fourth-order valence-corrected chi connectivity index (χ4v) is 2.67. The lowest BCUT2D eigenvalue weighted by molar-refractivity contribution is 0.0739. The molecule has 0 saturated carbocycles. The van der Waals surface area contributed by atoms with E-state index in [1.54, 1.807) is 6.07 Å². The first-order chi connectivity index (χ1) is 8.84. The average Bonchev–Trinajstić information content (AvgIpc) is 2.93. The standard InChI is InChI=1S/C15H12O2S/c16-15(14-9-4-10-18-14)17-13-8-3-6-11-5-1-2-7-12(11)13/h2-4,6-10H,1,5H2. The third kappa shape index (κ3) is 2.09. The van der Waals surface area contributed by atoms with Crippen molar-refractivity contribution in [1.29, 1.82) is 0 Å². The predicted molar refractivity (Wildman–Crippen MR) is 73.1 cm³/mol. The summed E-state index contributed by atoms with van der Waals surface area (Å²) in [5, 5.41) is 1.87. The Morgan fingerprint density at radius 3 is 3.00 bits per heavy atom. The molecule has 1 aromatic heterocycles. The number of allylic oxidation sites excluding steroid dienone is 1. The van der Waals surface area contributed by atoms with Crippen LogP contribution in [-0.4, -0.2) is 5.97 Å². The average molecular weight is 256 g/mol. The maximum absolute atomic E-state index is 11.9. The van der Waals surface area contributed by atoms with E-state index in [1.165, 1.54) is 16.9 Å². The Labute approximate surface area is 110 Å². The fraction of sp³-hybridized carbons (Fsp3) is 0.133. The third-order valence-corrected chi connectivity index (χ3v) is 3.80. The largest absolute Gasteiger partial charge is 0.422 e. The molecule has 0 atom stereocenters. The molecule has 1 heterocycles. The summed E-state index contributed by atoms with van der Waals surface area (Å²) in [5.74, 6) is 0.374. The van der Waals surface area contributed by atoms with Crippen molar-refractivity contribution in [3.8, 4) is 5.75 Å². The number of fused-ring (bicyclic) bond motifs is 1. The number of hydrogen-bond donors (Lipinski definition) is 0. The monoisotopic (exact) mass is 256 g/mol. The molecular formula is C15H12O2S. The zero-order chi connectivity index (χ0) is 12.4. The van der Waals surface area contributed by atoms with E-state index < -0.39 is 0 Å². The number of carbonyl (C=O) groups is 1. The molecule has 1 aromatic carbocycles. The highest BCUT2D eigenvalue weighted by molar-refractivity contribution is 7.12. The van der Waals surface area contributed by atoms with Crippen molar-refractivity contribution in [2.75, 3.05) is 0 Å². The zero-order valence-corrected chi connectivity index (χ0v) is 10.6. The maximum Gasteiger partial charge on any atom is 0.353 e. The third-order valence-electron chi connectivity index (χ3n) is 2.95. The van der Waals surface area contributed by atoms with Crippen LogP contribution in [0.1, 0.15) is 27.2 Å². The number of thiophene rings is 1. The quantitative estimate of drug-likeness (QED) is 0.601. The lowest BCUT2D eigenvalue weighted by atomic mass is 9.97. The number of rotatable bonds is 2. The van der Waals surface area contributed by atoms with Gasteiger partial charge >= 0.3 is 5.97 Å². The van der Waals surface area contributed by atoms with Crippen LogP contribution in [0.4, 0.5) is 0 Å². The van der Waals surface area contributed by atoms with Crippen LogP contribution < -0.4 is 4.74 Å². The van der Waals surface area contributed by atoms with E-state index in [4.69, 9.17) is 4.74 Å². The Morgan fingerprint density at radius 1 is 1.22 bits per heavy atom. The first-order valence-electron chi connectivity index (χ1n) is 5.89. The number of aryl methyl sites for hydroxylation is 1. The van der Waals surface area contributed by atoms with Gasteiger partial charge in [-0.3, -0.25) is 0 Å². The molecule has 2 aromatic rings. The minimum atomic E-state index is -0.280. The summed E-state index contributed by atoms with van der Waals surface area (Å²) in [5.41, 5.74) is 2.28. The molecule has 3 heteroatoms. The van der Waals surface area contributed by atoms with E-state index in [1.807, 2.05) is 29.7 Å². The van der Waals surface area contributed by atoms with E-state index in [0.717, 1.165) is 18.4 Å². The van der Waals surface area contributed by atoms with Gasteiger partial charge in [-0.05, 0) is 35.9 Å². The number of carbonyl (C=O) groups excluding carboxylic acids is 1. The number of ether oxygens (including phenoxy) is 1. The predicted octanol–water partition coefficient (Wildman–Crippen LogP) is 3.93. The van der Waals surface area contributed by atoms with Crippen LogP contribution in [-0.2, 0) is 6.42 Å². The first-order valence-corrected chi connectivity index (χ1v) is 6.77. The normalized spacial score (nSPS) is 13.1. The van der Waals surface area contributed by atoms with Crippen LogP contribution in [0.3, 0.4) is 0 Å². The second-order valence-electron chi connectivity index (χ2n) is 4.14. The van der Waals surface area contributed by atoms with Crippen LogP contribution in [0.25, 0.3) is 6.08 Å². The van der Waals surface area contributed by atoms with Gasteiger partial charge in [0, 0.05) is 5.56 Å². The molecule has 0 spiro atoms. The van der Waals surface area contributed by atoms with Gasteiger partial charge in [-0.2, -0.15) is 0 Å². The Hall–Kier alpha value is -1.87. The molecule has 1 aliphatic carbocycles. The molecule has 0 fully saturated rings. The molecule has 18 heavy (non-hydrogen) atoms. The summed E-state index contributed by atoms with van der Waals surface area (Å²) in [7, 11) is 0. The number of esters is 1. The molecule has 0 bridgehead atoms.